The maximum absolute atomic E-state index is 13.8. The van der Waals surface area contributed by atoms with Crippen LogP contribution in [0.1, 0.15) is 34.5 Å². The molecule has 0 radical (unpaired) electrons. The lowest BCUT2D eigenvalue weighted by atomic mass is 10.1. The number of anilines is 1. The fraction of sp³-hybridized carbons (Fsp3) is 0.296. The lowest BCUT2D eigenvalue weighted by Gasteiger charge is -2.33. The van der Waals surface area contributed by atoms with Crippen LogP contribution in [0.25, 0.3) is 11.0 Å². The number of carbonyl (C=O) groups excluding carboxylic acids is 1. The molecule has 12 heteroatoms. The average Bonchev–Trinajstić information content (AvgIpc) is 3.24. The van der Waals surface area contributed by atoms with Crippen LogP contribution < -0.4 is 20.9 Å². The number of nitrogens with zero attached hydrogens (tertiary/aromatic N) is 6. The number of fused-ring (bicyclic) bond motifs is 1. The van der Waals surface area contributed by atoms with Gasteiger partial charge in [0.2, 0.25) is 0 Å². The number of hydrogen-bond donors (Lipinski definition) is 1. The number of aromatic nitrogens is 4. The summed E-state index contributed by atoms with van der Waals surface area (Å²) >= 11 is 0. The molecule has 1 saturated heterocycles. The van der Waals surface area contributed by atoms with Gasteiger partial charge in [-0.05, 0) is 37.1 Å². The first-order chi connectivity index (χ1) is 18.0. The van der Waals surface area contributed by atoms with E-state index in [9.17, 15) is 14.9 Å². The van der Waals surface area contributed by atoms with E-state index in [0.717, 1.165) is 18.5 Å². The Morgan fingerprint density at radius 1 is 1.21 bits per heavy atom. The molecule has 4 heterocycles. The van der Waals surface area contributed by atoms with Gasteiger partial charge in [-0.15, -0.1) is 24.8 Å². The van der Waals surface area contributed by atoms with Crippen LogP contribution >= 0.6 is 24.8 Å². The standard InChI is InChI=1S/C27H27N7O3.2ClH/c1-37-21-9-4-6-18(12-21)23(35)16-33-17-31-24-22(13-28)26(32-11-5-7-19(29)14-32)34(25(24)27(33)36)15-20-8-2-3-10-30-20;;/h2-4,6,8-10,12,17,19H,5,7,11,14-16,29H2,1H3;2*1H/t19-;;/m0../s1. The van der Waals surface area contributed by atoms with Crippen LogP contribution in [0.4, 0.5) is 5.82 Å². The number of Topliss-reactive ketones (excluding diaryl/α,β-unsaturated/α-hetero) is 1. The number of benzene rings is 1. The van der Waals surface area contributed by atoms with Crippen molar-refractivity contribution in [1.29, 1.82) is 5.26 Å². The van der Waals surface area contributed by atoms with Crippen molar-refractivity contribution in [2.24, 2.45) is 5.73 Å². The Morgan fingerprint density at radius 2 is 2.03 bits per heavy atom. The molecule has 1 aromatic carbocycles. The number of carbonyl (C=O) groups is 1. The van der Waals surface area contributed by atoms with Crippen molar-refractivity contribution >= 4 is 47.4 Å². The van der Waals surface area contributed by atoms with E-state index in [1.807, 2.05) is 18.2 Å². The molecule has 1 atom stereocenters. The lowest BCUT2D eigenvalue weighted by Crippen LogP contribution is -2.44. The number of piperidine rings is 1. The van der Waals surface area contributed by atoms with Crippen LogP contribution in [-0.2, 0) is 13.1 Å². The van der Waals surface area contributed by atoms with Crippen LogP contribution in [0.5, 0.6) is 5.75 Å². The van der Waals surface area contributed by atoms with E-state index in [0.29, 0.717) is 41.3 Å². The largest absolute Gasteiger partial charge is 0.497 e. The Labute approximate surface area is 237 Å². The molecule has 3 aromatic heterocycles. The quantitative estimate of drug-likeness (QED) is 0.335. The molecule has 39 heavy (non-hydrogen) atoms. The number of halogens is 2. The molecule has 1 aliphatic rings. The summed E-state index contributed by atoms with van der Waals surface area (Å²) in [5, 5.41) is 10.1. The van der Waals surface area contributed by atoms with Crippen molar-refractivity contribution in [2.45, 2.75) is 32.0 Å². The fourth-order valence-electron chi connectivity index (χ4n) is 4.85. The number of ketones is 1. The summed E-state index contributed by atoms with van der Waals surface area (Å²) in [6.45, 7) is 1.35. The fourth-order valence-corrected chi connectivity index (χ4v) is 4.85. The zero-order valence-corrected chi connectivity index (χ0v) is 23.0. The van der Waals surface area contributed by atoms with Gasteiger partial charge in [0.15, 0.2) is 5.78 Å². The highest BCUT2D eigenvalue weighted by Gasteiger charge is 2.29. The van der Waals surface area contributed by atoms with Crippen LogP contribution in [0.15, 0.2) is 59.8 Å². The SMILES string of the molecule is COc1cccc(C(=O)Cn2cnc3c(C#N)c(N4CCC[C@H](N)C4)n(Cc4ccccn4)c3c2=O)c1.Cl.Cl. The van der Waals surface area contributed by atoms with Crippen molar-refractivity contribution in [3.63, 3.8) is 0 Å². The molecule has 10 nitrogen and oxygen atoms in total. The number of ether oxygens (including phenoxy) is 1. The van der Waals surface area contributed by atoms with Gasteiger partial charge in [-0.25, -0.2) is 4.98 Å². The maximum Gasteiger partial charge on any atom is 0.278 e. The molecule has 0 amide bonds. The molecular weight excluding hydrogens is 541 g/mol. The number of rotatable bonds is 7. The second-order valence-corrected chi connectivity index (χ2v) is 9.10. The number of nitrogens with two attached hydrogens (primary N) is 1. The average molecular weight is 570 g/mol. The summed E-state index contributed by atoms with van der Waals surface area (Å²) in [5.74, 6) is 0.909. The van der Waals surface area contributed by atoms with Gasteiger partial charge in [-0.3, -0.25) is 19.1 Å². The van der Waals surface area contributed by atoms with Crippen LogP contribution in [0.2, 0.25) is 0 Å². The predicted molar refractivity (Wildman–Crippen MR) is 153 cm³/mol. The van der Waals surface area contributed by atoms with Crippen molar-refractivity contribution in [2.75, 3.05) is 25.1 Å². The normalized spacial score (nSPS) is 14.7. The topological polar surface area (TPSA) is 132 Å². The van der Waals surface area contributed by atoms with Crippen LogP contribution in [0, 0.1) is 11.3 Å². The van der Waals surface area contributed by atoms with Gasteiger partial charge in [-0.1, -0.05) is 18.2 Å². The molecule has 1 fully saturated rings. The smallest absolute Gasteiger partial charge is 0.278 e. The molecule has 0 saturated carbocycles. The lowest BCUT2D eigenvalue weighted by molar-refractivity contribution is 0.0970. The van der Waals surface area contributed by atoms with E-state index >= 15 is 0 Å². The number of methoxy groups -OCH3 is 1. The molecule has 1 aliphatic heterocycles. The molecule has 4 aromatic rings. The second-order valence-electron chi connectivity index (χ2n) is 9.10. The van der Waals surface area contributed by atoms with E-state index in [-0.39, 0.29) is 55.2 Å². The highest BCUT2D eigenvalue weighted by Crippen LogP contribution is 2.32. The molecule has 0 unspecified atom stereocenters. The first kappa shape index (κ1) is 29.6. The molecule has 204 valence electrons. The summed E-state index contributed by atoms with van der Waals surface area (Å²) < 4.78 is 8.30. The van der Waals surface area contributed by atoms with Gasteiger partial charge in [-0.2, -0.15) is 5.26 Å². The third-order valence-corrected chi connectivity index (χ3v) is 6.62. The summed E-state index contributed by atoms with van der Waals surface area (Å²) in [6, 6.07) is 14.6. The van der Waals surface area contributed by atoms with E-state index in [2.05, 4.69) is 20.9 Å². The van der Waals surface area contributed by atoms with Crippen LogP contribution in [-0.4, -0.2) is 51.1 Å². The number of nitriles is 1. The Morgan fingerprint density at radius 3 is 2.72 bits per heavy atom. The van der Waals surface area contributed by atoms with Crippen molar-refractivity contribution < 1.29 is 9.53 Å². The summed E-state index contributed by atoms with van der Waals surface area (Å²) in [7, 11) is 1.53. The molecule has 5 rings (SSSR count). The Bertz CT molecular complexity index is 1560. The zero-order chi connectivity index (χ0) is 25.9. The minimum atomic E-state index is -0.402. The summed E-state index contributed by atoms with van der Waals surface area (Å²) in [6.07, 6.45) is 4.80. The Kier molecular flexibility index (Phi) is 9.70. The minimum absolute atomic E-state index is 0. The molecule has 2 N–H and O–H groups in total. The van der Waals surface area contributed by atoms with E-state index < -0.39 is 5.56 Å². The van der Waals surface area contributed by atoms with Crippen molar-refractivity contribution in [1.82, 2.24) is 19.1 Å². The second kappa shape index (κ2) is 12.8. The van der Waals surface area contributed by atoms with Crippen molar-refractivity contribution in [3.8, 4) is 11.8 Å². The van der Waals surface area contributed by atoms with Gasteiger partial charge in [0.1, 0.15) is 34.2 Å². The highest BCUT2D eigenvalue weighted by molar-refractivity contribution is 5.96. The first-order valence-electron chi connectivity index (χ1n) is 12.1. The summed E-state index contributed by atoms with van der Waals surface area (Å²) in [5.41, 5.74) is 7.91. The van der Waals surface area contributed by atoms with E-state index in [1.165, 1.54) is 18.0 Å². The number of pyridine rings is 1. The molecule has 0 bridgehead atoms. The van der Waals surface area contributed by atoms with Gasteiger partial charge in [0.25, 0.3) is 5.56 Å². The minimum Gasteiger partial charge on any atom is -0.497 e. The van der Waals surface area contributed by atoms with E-state index in [1.54, 1.807) is 35.0 Å². The van der Waals surface area contributed by atoms with Gasteiger partial charge < -0.3 is 19.9 Å². The number of hydrogen-bond acceptors (Lipinski definition) is 8. The molecule has 0 spiro atoms. The third kappa shape index (κ3) is 5.91. The Hall–Kier alpha value is -3.91. The van der Waals surface area contributed by atoms with Gasteiger partial charge >= 0.3 is 0 Å². The van der Waals surface area contributed by atoms with E-state index in [4.69, 9.17) is 10.5 Å². The zero-order valence-electron chi connectivity index (χ0n) is 21.3. The third-order valence-electron chi connectivity index (χ3n) is 6.62. The summed E-state index contributed by atoms with van der Waals surface area (Å²) in [4.78, 5) is 37.8. The highest BCUT2D eigenvalue weighted by atomic mass is 35.5. The first-order valence-corrected chi connectivity index (χ1v) is 12.1. The molecule has 0 aliphatic carbocycles. The maximum atomic E-state index is 13.8. The predicted octanol–water partition coefficient (Wildman–Crippen LogP) is 3.18. The monoisotopic (exact) mass is 569 g/mol. The van der Waals surface area contributed by atoms with Gasteiger partial charge in [0.05, 0.1) is 32.2 Å². The van der Waals surface area contributed by atoms with Gasteiger partial charge in [0, 0.05) is 30.9 Å². The Balaban J connectivity index is 0.00000210. The van der Waals surface area contributed by atoms with Crippen molar-refractivity contribution in [3.05, 3.63) is 82.2 Å². The van der Waals surface area contributed by atoms with Crippen LogP contribution in [0.3, 0.4) is 0 Å². The molecular formula is C27H29Cl2N7O3.